The van der Waals surface area contributed by atoms with Gasteiger partial charge >= 0.3 is 0 Å². The molecular formula is C20H21F2NO4. The summed E-state index contributed by atoms with van der Waals surface area (Å²) in [6.45, 7) is 3.20. The molecule has 7 heteroatoms. The van der Waals surface area contributed by atoms with E-state index in [0.29, 0.717) is 26.3 Å². The number of benzene rings is 1. The topological polar surface area (TPSA) is 55.8 Å². The Balaban J connectivity index is 1.98. The summed E-state index contributed by atoms with van der Waals surface area (Å²) in [6, 6.07) is 2.34. The van der Waals surface area contributed by atoms with Crippen LogP contribution in [0.3, 0.4) is 0 Å². The first-order valence-electron chi connectivity index (χ1n) is 8.75. The van der Waals surface area contributed by atoms with E-state index in [0.717, 1.165) is 6.07 Å². The molecule has 3 rings (SSSR count). The highest BCUT2D eigenvalue weighted by Gasteiger charge is 2.27. The van der Waals surface area contributed by atoms with Crippen LogP contribution in [0.25, 0.3) is 0 Å². The molecule has 1 fully saturated rings. The van der Waals surface area contributed by atoms with Crippen LogP contribution in [0.1, 0.15) is 24.8 Å². The maximum Gasteiger partial charge on any atom is 0.230 e. The SMILES string of the molecule is COC1=CC(c2cc(F)c(N3CCOCC3)cc2F)CC=C(C(C)=O)C1=O. The normalized spacial score (nSPS) is 20.7. The van der Waals surface area contributed by atoms with Gasteiger partial charge in [0.1, 0.15) is 11.6 Å². The molecular weight excluding hydrogens is 356 g/mol. The summed E-state index contributed by atoms with van der Waals surface area (Å²) in [5, 5.41) is 0. The molecule has 1 aromatic carbocycles. The number of methoxy groups -OCH3 is 1. The van der Waals surface area contributed by atoms with Gasteiger partial charge in [-0.15, -0.1) is 0 Å². The lowest BCUT2D eigenvalue weighted by Crippen LogP contribution is -2.36. The van der Waals surface area contributed by atoms with Crippen molar-refractivity contribution in [2.24, 2.45) is 0 Å². The van der Waals surface area contributed by atoms with Crippen LogP contribution in [0, 0.1) is 11.6 Å². The number of carbonyl (C=O) groups is 2. The fourth-order valence-corrected chi connectivity index (χ4v) is 3.36. The number of hydrogen-bond acceptors (Lipinski definition) is 5. The molecule has 0 aromatic heterocycles. The molecule has 0 amide bonds. The van der Waals surface area contributed by atoms with E-state index in [-0.39, 0.29) is 29.0 Å². The van der Waals surface area contributed by atoms with Crippen LogP contribution < -0.4 is 4.90 Å². The molecule has 0 N–H and O–H groups in total. The van der Waals surface area contributed by atoms with Crippen LogP contribution in [-0.4, -0.2) is 45.0 Å². The zero-order chi connectivity index (χ0) is 19.6. The van der Waals surface area contributed by atoms with Gasteiger partial charge in [-0.3, -0.25) is 9.59 Å². The molecule has 1 aromatic rings. The number of carbonyl (C=O) groups excluding carboxylic acids is 2. The number of ketones is 2. The number of allylic oxidation sites excluding steroid dienone is 3. The lowest BCUT2D eigenvalue weighted by Gasteiger charge is -2.29. The lowest BCUT2D eigenvalue weighted by atomic mass is 9.94. The Morgan fingerprint density at radius 3 is 2.56 bits per heavy atom. The van der Waals surface area contributed by atoms with E-state index >= 15 is 0 Å². The highest BCUT2D eigenvalue weighted by atomic mass is 19.1. The molecule has 5 nitrogen and oxygen atoms in total. The van der Waals surface area contributed by atoms with Crippen LogP contribution >= 0.6 is 0 Å². The predicted molar refractivity (Wildman–Crippen MR) is 95.6 cm³/mol. The highest BCUT2D eigenvalue weighted by molar-refractivity contribution is 6.24. The van der Waals surface area contributed by atoms with E-state index in [1.54, 1.807) is 4.90 Å². The van der Waals surface area contributed by atoms with Gasteiger partial charge in [-0.25, -0.2) is 8.78 Å². The van der Waals surface area contributed by atoms with Gasteiger partial charge in [-0.1, -0.05) is 6.08 Å². The summed E-state index contributed by atoms with van der Waals surface area (Å²) in [6.07, 6.45) is 3.10. The first-order chi connectivity index (χ1) is 12.9. The van der Waals surface area contributed by atoms with E-state index in [9.17, 15) is 18.4 Å². The predicted octanol–water partition coefficient (Wildman–Crippen LogP) is 2.90. The Labute approximate surface area is 156 Å². The minimum atomic E-state index is -0.617. The fourth-order valence-electron chi connectivity index (χ4n) is 3.36. The average Bonchev–Trinajstić information content (AvgIpc) is 2.82. The zero-order valence-electron chi connectivity index (χ0n) is 15.3. The first kappa shape index (κ1) is 19.2. The maximum atomic E-state index is 14.8. The molecule has 1 aliphatic carbocycles. The Morgan fingerprint density at radius 1 is 1.22 bits per heavy atom. The van der Waals surface area contributed by atoms with Crippen LogP contribution in [0.15, 0.2) is 35.6 Å². The third-order valence-corrected chi connectivity index (χ3v) is 4.81. The van der Waals surface area contributed by atoms with E-state index in [2.05, 4.69) is 0 Å². The van der Waals surface area contributed by atoms with Gasteiger partial charge in [0, 0.05) is 25.1 Å². The number of halogens is 2. The van der Waals surface area contributed by atoms with E-state index in [4.69, 9.17) is 9.47 Å². The Bertz CT molecular complexity index is 826. The number of ether oxygens (including phenoxy) is 2. The summed E-state index contributed by atoms with van der Waals surface area (Å²) >= 11 is 0. The number of Topliss-reactive ketones (excluding diaryl/α,β-unsaturated/α-hetero) is 2. The van der Waals surface area contributed by atoms with Crippen molar-refractivity contribution in [1.29, 1.82) is 0 Å². The molecule has 1 heterocycles. The number of nitrogens with zero attached hydrogens (tertiary/aromatic N) is 1. The summed E-state index contributed by atoms with van der Waals surface area (Å²) in [7, 11) is 1.31. The number of morpholine rings is 1. The van der Waals surface area contributed by atoms with E-state index in [1.807, 2.05) is 0 Å². The van der Waals surface area contributed by atoms with Crippen LogP contribution in [0.2, 0.25) is 0 Å². The molecule has 1 atom stereocenters. The van der Waals surface area contributed by atoms with Crippen molar-refractivity contribution >= 4 is 17.3 Å². The van der Waals surface area contributed by atoms with Crippen molar-refractivity contribution in [3.05, 3.63) is 52.8 Å². The average molecular weight is 377 g/mol. The van der Waals surface area contributed by atoms with Crippen LogP contribution in [0.4, 0.5) is 14.5 Å². The summed E-state index contributed by atoms with van der Waals surface area (Å²) in [5.41, 5.74) is 0.310. The quantitative estimate of drug-likeness (QED) is 0.756. The van der Waals surface area contributed by atoms with E-state index < -0.39 is 29.1 Å². The minimum absolute atomic E-state index is 0.00332. The fraction of sp³-hybridized carbons (Fsp3) is 0.400. The summed E-state index contributed by atoms with van der Waals surface area (Å²) in [5.74, 6) is -2.70. The third kappa shape index (κ3) is 3.93. The van der Waals surface area contributed by atoms with Gasteiger partial charge in [0.2, 0.25) is 5.78 Å². The van der Waals surface area contributed by atoms with Crippen LogP contribution in [0.5, 0.6) is 0 Å². The van der Waals surface area contributed by atoms with Crippen molar-refractivity contribution < 1.29 is 27.8 Å². The monoisotopic (exact) mass is 377 g/mol. The second kappa shape index (κ2) is 8.00. The van der Waals surface area contributed by atoms with Gasteiger partial charge in [-0.2, -0.15) is 0 Å². The molecule has 0 radical (unpaired) electrons. The standard InChI is InChI=1S/C20H21F2NO4/c1-12(24)14-4-3-13(9-19(26-2)20(14)25)15-10-17(22)18(11-16(15)21)23-5-7-27-8-6-23/h4,9-11,13H,3,5-8H2,1-2H3. The molecule has 2 aliphatic rings. The van der Waals surface area contributed by atoms with Crippen molar-refractivity contribution in [2.75, 3.05) is 38.3 Å². The van der Waals surface area contributed by atoms with Crippen molar-refractivity contribution in [2.45, 2.75) is 19.3 Å². The highest BCUT2D eigenvalue weighted by Crippen LogP contribution is 2.33. The number of anilines is 1. The van der Waals surface area contributed by atoms with Gasteiger partial charge in [0.15, 0.2) is 11.5 Å². The third-order valence-electron chi connectivity index (χ3n) is 4.81. The first-order valence-corrected chi connectivity index (χ1v) is 8.75. The Kier molecular flexibility index (Phi) is 5.70. The Hall–Kier alpha value is -2.54. The second-order valence-corrected chi connectivity index (χ2v) is 6.50. The maximum absolute atomic E-state index is 14.8. The number of hydrogen-bond donors (Lipinski definition) is 0. The largest absolute Gasteiger partial charge is 0.493 e. The lowest BCUT2D eigenvalue weighted by molar-refractivity contribution is -0.120. The molecule has 27 heavy (non-hydrogen) atoms. The smallest absolute Gasteiger partial charge is 0.230 e. The molecule has 1 aliphatic heterocycles. The zero-order valence-corrected chi connectivity index (χ0v) is 15.3. The minimum Gasteiger partial charge on any atom is -0.493 e. The van der Waals surface area contributed by atoms with Crippen LogP contribution in [-0.2, 0) is 19.1 Å². The van der Waals surface area contributed by atoms with Gasteiger partial charge in [-0.05, 0) is 31.1 Å². The van der Waals surface area contributed by atoms with Crippen molar-refractivity contribution in [3.8, 4) is 0 Å². The molecule has 0 bridgehead atoms. The molecule has 0 spiro atoms. The summed E-state index contributed by atoms with van der Waals surface area (Å²) < 4.78 is 39.8. The number of rotatable bonds is 4. The second-order valence-electron chi connectivity index (χ2n) is 6.50. The van der Waals surface area contributed by atoms with E-state index in [1.165, 1.54) is 32.3 Å². The molecule has 144 valence electrons. The molecule has 0 saturated carbocycles. The van der Waals surface area contributed by atoms with Gasteiger partial charge in [0.25, 0.3) is 0 Å². The summed E-state index contributed by atoms with van der Waals surface area (Å²) in [4.78, 5) is 25.8. The van der Waals surface area contributed by atoms with Crippen molar-refractivity contribution in [3.63, 3.8) is 0 Å². The van der Waals surface area contributed by atoms with Crippen molar-refractivity contribution in [1.82, 2.24) is 0 Å². The molecule has 1 unspecified atom stereocenters. The Morgan fingerprint density at radius 2 is 1.93 bits per heavy atom. The van der Waals surface area contributed by atoms with Gasteiger partial charge < -0.3 is 14.4 Å². The molecule has 1 saturated heterocycles. The van der Waals surface area contributed by atoms with Gasteiger partial charge in [0.05, 0.1) is 31.6 Å².